The van der Waals surface area contributed by atoms with Crippen LogP contribution in [-0.4, -0.2) is 72.4 Å². The minimum Gasteiger partial charge on any atom is -0.496 e. The van der Waals surface area contributed by atoms with Gasteiger partial charge in [0.25, 0.3) is 5.91 Å². The molecule has 1 heterocycles. The van der Waals surface area contributed by atoms with Crippen LogP contribution in [0.5, 0.6) is 5.75 Å². The zero-order chi connectivity index (χ0) is 22.9. The van der Waals surface area contributed by atoms with Gasteiger partial charge in [-0.25, -0.2) is 4.79 Å². The number of methoxy groups -OCH3 is 1. The van der Waals surface area contributed by atoms with E-state index in [4.69, 9.17) is 14.2 Å². The molecule has 1 aliphatic heterocycles. The zero-order valence-corrected chi connectivity index (χ0v) is 19.8. The van der Waals surface area contributed by atoms with Gasteiger partial charge in [0, 0.05) is 18.6 Å². The summed E-state index contributed by atoms with van der Waals surface area (Å²) in [6.45, 7) is 6.82. The lowest BCUT2D eigenvalue weighted by molar-refractivity contribution is -0.152. The van der Waals surface area contributed by atoms with Gasteiger partial charge in [0.05, 0.1) is 20.3 Å². The first-order chi connectivity index (χ1) is 15.3. The molecule has 1 aromatic rings. The quantitative estimate of drug-likeness (QED) is 0.671. The third-order valence-electron chi connectivity index (χ3n) is 7.04. The highest BCUT2D eigenvalue weighted by Crippen LogP contribution is 2.37. The average Bonchev–Trinajstić information content (AvgIpc) is 3.63. The molecular weight excluding hydrogens is 408 g/mol. The van der Waals surface area contributed by atoms with E-state index in [1.165, 1.54) is 11.1 Å². The first-order valence-electron chi connectivity index (χ1n) is 11.9. The van der Waals surface area contributed by atoms with Crippen LogP contribution in [-0.2, 0) is 27.1 Å². The number of fused-ring (bicyclic) bond motifs is 1. The van der Waals surface area contributed by atoms with Gasteiger partial charge in [0.1, 0.15) is 11.4 Å². The molecule has 0 bridgehead atoms. The Morgan fingerprint density at radius 2 is 2.00 bits per heavy atom. The summed E-state index contributed by atoms with van der Waals surface area (Å²) in [5.41, 5.74) is 2.00. The second-order valence-electron chi connectivity index (χ2n) is 9.76. The van der Waals surface area contributed by atoms with Crippen LogP contribution in [0.15, 0.2) is 18.2 Å². The molecule has 3 aliphatic rings. The molecule has 0 N–H and O–H groups in total. The highest BCUT2D eigenvalue weighted by Gasteiger charge is 2.43. The number of benzene rings is 1. The summed E-state index contributed by atoms with van der Waals surface area (Å²) in [5.74, 6) is 0.903. The Morgan fingerprint density at radius 3 is 2.69 bits per heavy atom. The van der Waals surface area contributed by atoms with Crippen LogP contribution in [0.2, 0.25) is 0 Å². The third kappa shape index (κ3) is 4.87. The summed E-state index contributed by atoms with van der Waals surface area (Å²) in [6, 6.07) is 6.59. The van der Waals surface area contributed by atoms with Gasteiger partial charge in [-0.2, -0.15) is 0 Å². The normalized spacial score (nSPS) is 23.3. The van der Waals surface area contributed by atoms with Crippen molar-refractivity contribution in [2.24, 2.45) is 0 Å². The van der Waals surface area contributed by atoms with Gasteiger partial charge in [-0.05, 0) is 69.6 Å². The van der Waals surface area contributed by atoms with Crippen molar-refractivity contribution in [3.63, 3.8) is 0 Å². The van der Waals surface area contributed by atoms with E-state index in [9.17, 15) is 9.59 Å². The van der Waals surface area contributed by atoms with Gasteiger partial charge in [-0.15, -0.1) is 0 Å². The number of nitrogens with zero attached hydrogens (tertiary/aromatic N) is 2. The van der Waals surface area contributed by atoms with Crippen LogP contribution in [0.3, 0.4) is 0 Å². The maximum atomic E-state index is 13.6. The maximum absolute atomic E-state index is 13.6. The average molecular weight is 445 g/mol. The summed E-state index contributed by atoms with van der Waals surface area (Å²) >= 11 is 0. The lowest BCUT2D eigenvalue weighted by Gasteiger charge is -2.40. The summed E-state index contributed by atoms with van der Waals surface area (Å²) in [7, 11) is 1.70. The number of hydrogen-bond donors (Lipinski definition) is 0. The molecule has 2 atom stereocenters. The van der Waals surface area contributed by atoms with E-state index >= 15 is 0 Å². The first-order valence-corrected chi connectivity index (χ1v) is 11.9. The van der Waals surface area contributed by atoms with E-state index in [0.717, 1.165) is 44.3 Å². The summed E-state index contributed by atoms with van der Waals surface area (Å²) in [4.78, 5) is 30.0. The van der Waals surface area contributed by atoms with Crippen molar-refractivity contribution < 1.29 is 23.8 Å². The monoisotopic (exact) mass is 444 g/mol. The van der Waals surface area contributed by atoms with Gasteiger partial charge in [-0.1, -0.05) is 19.1 Å². The number of amides is 2. The fraction of sp³-hybridized carbons (Fsp3) is 0.680. The maximum Gasteiger partial charge on any atom is 0.410 e. The summed E-state index contributed by atoms with van der Waals surface area (Å²) in [6.07, 6.45) is 4.45. The van der Waals surface area contributed by atoms with Crippen molar-refractivity contribution in [1.29, 1.82) is 0 Å². The number of aryl methyl sites for hydroxylation is 1. The van der Waals surface area contributed by atoms with Crippen LogP contribution < -0.4 is 4.74 Å². The number of ether oxygens (including phenoxy) is 3. The Kier molecular flexibility index (Phi) is 6.65. The molecule has 7 heteroatoms. The molecule has 176 valence electrons. The lowest BCUT2D eigenvalue weighted by Crippen LogP contribution is -2.56. The van der Waals surface area contributed by atoms with Crippen LogP contribution >= 0.6 is 0 Å². The van der Waals surface area contributed by atoms with Crippen LogP contribution in [0, 0.1) is 0 Å². The number of rotatable bonds is 6. The van der Waals surface area contributed by atoms with E-state index < -0.39 is 11.7 Å². The Labute approximate surface area is 191 Å². The van der Waals surface area contributed by atoms with Gasteiger partial charge in [0.15, 0.2) is 6.10 Å². The minimum atomic E-state index is -0.638. The fourth-order valence-electron chi connectivity index (χ4n) is 4.68. The molecule has 0 radical (unpaired) electrons. The van der Waals surface area contributed by atoms with Crippen LogP contribution in [0.25, 0.3) is 0 Å². The summed E-state index contributed by atoms with van der Waals surface area (Å²) < 4.78 is 17.1. The van der Waals surface area contributed by atoms with Gasteiger partial charge < -0.3 is 24.0 Å². The van der Waals surface area contributed by atoms with E-state index in [1.54, 1.807) is 12.0 Å². The predicted octanol–water partition coefficient (Wildman–Crippen LogP) is 3.57. The second kappa shape index (κ2) is 9.30. The SMILES string of the molecule is CCC(C)(C)OC(=O)N1CCOC(C(=O)N(C2CC2)C2CCc3cccc(OC)c3C2)C1. The van der Waals surface area contributed by atoms with Crippen molar-refractivity contribution in [2.45, 2.75) is 83.1 Å². The molecular formula is C25H36N2O5. The number of morpholine rings is 1. The Morgan fingerprint density at radius 1 is 1.22 bits per heavy atom. The van der Waals surface area contributed by atoms with Gasteiger partial charge in [-0.3, -0.25) is 4.79 Å². The van der Waals surface area contributed by atoms with Gasteiger partial charge >= 0.3 is 6.09 Å². The number of hydrogen-bond acceptors (Lipinski definition) is 5. The van der Waals surface area contributed by atoms with Crippen molar-refractivity contribution in [1.82, 2.24) is 9.80 Å². The molecule has 7 nitrogen and oxygen atoms in total. The van der Waals surface area contributed by atoms with E-state index in [1.807, 2.05) is 32.9 Å². The summed E-state index contributed by atoms with van der Waals surface area (Å²) in [5, 5.41) is 0. The van der Waals surface area contributed by atoms with E-state index in [-0.39, 0.29) is 30.6 Å². The second-order valence-corrected chi connectivity index (χ2v) is 9.76. The lowest BCUT2D eigenvalue weighted by atomic mass is 9.86. The number of carbonyl (C=O) groups is 2. The highest BCUT2D eigenvalue weighted by molar-refractivity contribution is 5.83. The fourth-order valence-corrected chi connectivity index (χ4v) is 4.68. The topological polar surface area (TPSA) is 68.3 Å². The van der Waals surface area contributed by atoms with Crippen molar-refractivity contribution in [3.05, 3.63) is 29.3 Å². The zero-order valence-electron chi connectivity index (χ0n) is 19.8. The van der Waals surface area contributed by atoms with Crippen molar-refractivity contribution in [2.75, 3.05) is 26.8 Å². The predicted molar refractivity (Wildman–Crippen MR) is 121 cm³/mol. The third-order valence-corrected chi connectivity index (χ3v) is 7.04. The van der Waals surface area contributed by atoms with E-state index in [2.05, 4.69) is 11.0 Å². The highest BCUT2D eigenvalue weighted by atomic mass is 16.6. The molecule has 1 saturated carbocycles. The molecule has 0 spiro atoms. The molecule has 4 rings (SSSR count). The first kappa shape index (κ1) is 22.9. The molecule has 32 heavy (non-hydrogen) atoms. The molecule has 0 aromatic heterocycles. The van der Waals surface area contributed by atoms with E-state index in [0.29, 0.717) is 13.2 Å². The van der Waals surface area contributed by atoms with Gasteiger partial charge in [0.2, 0.25) is 0 Å². The van der Waals surface area contributed by atoms with Crippen molar-refractivity contribution in [3.8, 4) is 5.75 Å². The Balaban J connectivity index is 1.46. The smallest absolute Gasteiger partial charge is 0.410 e. The molecule has 1 aromatic carbocycles. The number of carbonyl (C=O) groups excluding carboxylic acids is 2. The largest absolute Gasteiger partial charge is 0.496 e. The Bertz CT molecular complexity index is 836. The molecule has 1 saturated heterocycles. The molecule has 2 unspecified atom stereocenters. The minimum absolute atomic E-state index is 0.00287. The molecule has 2 amide bonds. The Hall–Kier alpha value is -2.28. The van der Waals surface area contributed by atoms with Crippen molar-refractivity contribution >= 4 is 12.0 Å². The van der Waals surface area contributed by atoms with Crippen LogP contribution in [0.1, 0.15) is 57.6 Å². The van der Waals surface area contributed by atoms with Crippen LogP contribution in [0.4, 0.5) is 4.79 Å². The molecule has 2 fully saturated rings. The molecule has 2 aliphatic carbocycles. The standard InChI is InChI=1S/C25H36N2O5/c1-5-25(2,3)32-24(29)26-13-14-31-22(16-26)23(28)27(18-11-12-18)19-10-9-17-7-6-8-21(30-4)20(17)15-19/h6-8,18-19,22H,5,9-16H2,1-4H3.